The Bertz CT molecular complexity index is 450. The third-order valence-electron chi connectivity index (χ3n) is 2.90. The summed E-state index contributed by atoms with van der Waals surface area (Å²) in [7, 11) is -1.02. The van der Waals surface area contributed by atoms with Gasteiger partial charge in [-0.25, -0.2) is 0 Å². The summed E-state index contributed by atoms with van der Waals surface area (Å²) in [6.07, 6.45) is 1.91. The Morgan fingerprint density at radius 3 is 2.82 bits per heavy atom. The molecule has 1 aliphatic rings. The molecule has 2 rings (SSSR count). The minimum absolute atomic E-state index is 0.175. The van der Waals surface area contributed by atoms with Crippen LogP contribution in [0.5, 0.6) is 0 Å². The van der Waals surface area contributed by atoms with E-state index in [0.29, 0.717) is 15.8 Å². The number of halogens is 2. The van der Waals surface area contributed by atoms with Crippen molar-refractivity contribution in [3.8, 4) is 0 Å². The first-order valence-corrected chi connectivity index (χ1v) is 7.82. The fourth-order valence-electron chi connectivity index (χ4n) is 2.10. The molecule has 1 aliphatic heterocycles. The van der Waals surface area contributed by atoms with Crippen LogP contribution in [-0.4, -0.2) is 16.5 Å². The maximum atomic E-state index is 12.0. The van der Waals surface area contributed by atoms with Gasteiger partial charge in [0.2, 0.25) is 0 Å². The average Bonchev–Trinajstić information content (AvgIpc) is 2.32. The van der Waals surface area contributed by atoms with Crippen LogP contribution in [0.25, 0.3) is 0 Å². The van der Waals surface area contributed by atoms with Crippen molar-refractivity contribution in [2.45, 2.75) is 30.7 Å². The first kappa shape index (κ1) is 13.3. The van der Waals surface area contributed by atoms with Crippen molar-refractivity contribution in [2.24, 2.45) is 0 Å². The molecule has 0 radical (unpaired) electrons. The van der Waals surface area contributed by atoms with E-state index >= 15 is 0 Å². The van der Waals surface area contributed by atoms with Gasteiger partial charge in [0, 0.05) is 22.4 Å². The van der Waals surface area contributed by atoms with Crippen molar-refractivity contribution in [3.05, 3.63) is 27.7 Å². The van der Waals surface area contributed by atoms with E-state index in [2.05, 4.69) is 12.2 Å². The SMILES string of the molecule is CCCNC1CCS(=O)c2c(Cl)ccc(Cl)c21. The van der Waals surface area contributed by atoms with Gasteiger partial charge in [0.1, 0.15) is 0 Å². The molecule has 5 heteroatoms. The van der Waals surface area contributed by atoms with Gasteiger partial charge in [0.15, 0.2) is 0 Å². The molecule has 0 fully saturated rings. The number of hydrogen-bond acceptors (Lipinski definition) is 2. The fraction of sp³-hybridized carbons (Fsp3) is 0.500. The van der Waals surface area contributed by atoms with Crippen molar-refractivity contribution in [1.29, 1.82) is 0 Å². The number of rotatable bonds is 3. The number of fused-ring (bicyclic) bond motifs is 1. The highest BCUT2D eigenvalue weighted by atomic mass is 35.5. The largest absolute Gasteiger partial charge is 0.310 e. The van der Waals surface area contributed by atoms with Crippen LogP contribution in [0.1, 0.15) is 31.4 Å². The molecule has 0 saturated carbocycles. The molecule has 94 valence electrons. The smallest absolute Gasteiger partial charge is 0.0636 e. The van der Waals surface area contributed by atoms with Gasteiger partial charge in [0.25, 0.3) is 0 Å². The predicted octanol–water partition coefficient (Wildman–Crippen LogP) is 3.55. The van der Waals surface area contributed by atoms with Crippen molar-refractivity contribution in [1.82, 2.24) is 5.32 Å². The lowest BCUT2D eigenvalue weighted by Gasteiger charge is -2.27. The van der Waals surface area contributed by atoms with Crippen molar-refractivity contribution in [3.63, 3.8) is 0 Å². The van der Waals surface area contributed by atoms with Gasteiger partial charge in [0.05, 0.1) is 20.7 Å². The topological polar surface area (TPSA) is 29.1 Å². The van der Waals surface area contributed by atoms with Gasteiger partial charge in [-0.1, -0.05) is 30.1 Å². The molecule has 2 nitrogen and oxygen atoms in total. The van der Waals surface area contributed by atoms with Crippen LogP contribution >= 0.6 is 23.2 Å². The van der Waals surface area contributed by atoms with Crippen molar-refractivity contribution < 1.29 is 4.21 Å². The molecule has 0 aromatic heterocycles. The van der Waals surface area contributed by atoms with Crippen LogP contribution in [0.4, 0.5) is 0 Å². The summed E-state index contributed by atoms with van der Waals surface area (Å²) < 4.78 is 12.0. The van der Waals surface area contributed by atoms with Gasteiger partial charge in [-0.3, -0.25) is 4.21 Å². The van der Waals surface area contributed by atoms with Gasteiger partial charge in [-0.15, -0.1) is 0 Å². The fourth-order valence-corrected chi connectivity index (χ4v) is 4.30. The normalized spacial score (nSPS) is 23.5. The molecule has 1 aromatic rings. The Kier molecular flexibility index (Phi) is 4.47. The zero-order valence-corrected chi connectivity index (χ0v) is 12.0. The Balaban J connectivity index is 2.43. The summed E-state index contributed by atoms with van der Waals surface area (Å²) in [4.78, 5) is 0.721. The molecule has 1 N–H and O–H groups in total. The van der Waals surface area contributed by atoms with E-state index in [1.165, 1.54) is 0 Å². The van der Waals surface area contributed by atoms with Crippen molar-refractivity contribution in [2.75, 3.05) is 12.3 Å². The van der Waals surface area contributed by atoms with Gasteiger partial charge in [-0.2, -0.15) is 0 Å². The molecule has 0 saturated heterocycles. The molecule has 0 amide bonds. The summed E-state index contributed by atoms with van der Waals surface area (Å²) in [6, 6.07) is 3.68. The molecule has 1 aromatic carbocycles. The zero-order chi connectivity index (χ0) is 12.4. The third kappa shape index (κ3) is 2.68. The Morgan fingerprint density at radius 2 is 2.12 bits per heavy atom. The highest BCUT2D eigenvalue weighted by Crippen LogP contribution is 2.39. The van der Waals surface area contributed by atoms with Gasteiger partial charge >= 0.3 is 0 Å². The summed E-state index contributed by atoms with van der Waals surface area (Å²) in [5.41, 5.74) is 0.928. The maximum absolute atomic E-state index is 12.0. The quantitative estimate of drug-likeness (QED) is 0.923. The summed E-state index contributed by atoms with van der Waals surface area (Å²) in [5, 5.41) is 4.66. The second-order valence-corrected chi connectivity index (χ2v) is 6.44. The molecule has 1 heterocycles. The summed E-state index contributed by atoms with van der Waals surface area (Å²) >= 11 is 12.3. The predicted molar refractivity (Wildman–Crippen MR) is 73.4 cm³/mol. The molecular formula is C12H15Cl2NOS. The summed E-state index contributed by atoms with van der Waals surface area (Å²) in [6.45, 7) is 3.05. The number of hydrogen-bond donors (Lipinski definition) is 1. The second kappa shape index (κ2) is 5.70. The second-order valence-electron chi connectivity index (χ2n) is 4.12. The standard InChI is InChI=1S/C12H15Cl2NOS/c1-2-6-15-10-5-7-17(16)12-9(14)4-3-8(13)11(10)12/h3-4,10,15H,2,5-7H2,1H3. The molecule has 0 spiro atoms. The van der Waals surface area contributed by atoms with Crippen LogP contribution in [0, 0.1) is 0 Å². The van der Waals surface area contributed by atoms with E-state index in [4.69, 9.17) is 23.2 Å². The first-order valence-electron chi connectivity index (χ1n) is 5.74. The van der Waals surface area contributed by atoms with Crippen molar-refractivity contribution >= 4 is 34.0 Å². The van der Waals surface area contributed by atoms with E-state index in [0.717, 1.165) is 29.8 Å². The lowest BCUT2D eigenvalue weighted by molar-refractivity contribution is 0.504. The Labute approximate surface area is 114 Å². The monoisotopic (exact) mass is 291 g/mol. The van der Waals surface area contributed by atoms with Crippen LogP contribution in [0.2, 0.25) is 10.0 Å². The number of nitrogens with one attached hydrogen (secondary N) is 1. The zero-order valence-electron chi connectivity index (χ0n) is 9.63. The van der Waals surface area contributed by atoms with Gasteiger partial charge in [-0.05, 0) is 31.5 Å². The van der Waals surface area contributed by atoms with E-state index in [1.807, 2.05) is 0 Å². The molecule has 2 unspecified atom stereocenters. The van der Waals surface area contributed by atoms with Crippen LogP contribution in [0.15, 0.2) is 17.0 Å². The van der Waals surface area contributed by atoms with Crippen LogP contribution < -0.4 is 5.32 Å². The minimum atomic E-state index is -1.02. The van der Waals surface area contributed by atoms with E-state index in [1.54, 1.807) is 12.1 Å². The average molecular weight is 292 g/mol. The minimum Gasteiger partial charge on any atom is -0.310 e. The first-order chi connectivity index (χ1) is 8.15. The van der Waals surface area contributed by atoms with E-state index < -0.39 is 10.8 Å². The lowest BCUT2D eigenvalue weighted by atomic mass is 10.0. The van der Waals surface area contributed by atoms with Crippen LogP contribution in [0.3, 0.4) is 0 Å². The Hall–Kier alpha value is -0.0900. The maximum Gasteiger partial charge on any atom is 0.0636 e. The van der Waals surface area contributed by atoms with E-state index in [-0.39, 0.29) is 6.04 Å². The molecule has 2 atom stereocenters. The highest BCUT2D eigenvalue weighted by molar-refractivity contribution is 7.85. The third-order valence-corrected chi connectivity index (χ3v) is 5.16. The highest BCUT2D eigenvalue weighted by Gasteiger charge is 2.28. The molecule has 0 bridgehead atoms. The molecule has 0 aliphatic carbocycles. The molecule has 17 heavy (non-hydrogen) atoms. The molecular weight excluding hydrogens is 277 g/mol. The van der Waals surface area contributed by atoms with E-state index in [9.17, 15) is 4.21 Å². The van der Waals surface area contributed by atoms with Crippen LogP contribution in [-0.2, 0) is 10.8 Å². The van der Waals surface area contributed by atoms with Gasteiger partial charge < -0.3 is 5.32 Å². The Morgan fingerprint density at radius 1 is 1.41 bits per heavy atom. The number of benzene rings is 1. The summed E-state index contributed by atoms with van der Waals surface area (Å²) in [5.74, 6) is 0.647. The lowest BCUT2D eigenvalue weighted by Crippen LogP contribution is -2.28.